The number of rotatable bonds is 7. The van der Waals surface area contributed by atoms with Crippen LogP contribution in [0.1, 0.15) is 34.8 Å². The van der Waals surface area contributed by atoms with Gasteiger partial charge in [0.2, 0.25) is 0 Å². The Balaban J connectivity index is 2.05. The van der Waals surface area contributed by atoms with Gasteiger partial charge in [-0.05, 0) is 49.2 Å². The lowest BCUT2D eigenvalue weighted by molar-refractivity contribution is 0.0955. The average molecular weight is 369 g/mol. The molecule has 26 heavy (non-hydrogen) atoms. The van der Waals surface area contributed by atoms with Gasteiger partial charge in [-0.25, -0.2) is 5.43 Å². The van der Waals surface area contributed by atoms with Gasteiger partial charge in [-0.1, -0.05) is 29.8 Å². The van der Waals surface area contributed by atoms with Crippen LogP contribution in [-0.2, 0) is 0 Å². The van der Waals surface area contributed by atoms with E-state index in [1.54, 1.807) is 30.5 Å². The van der Waals surface area contributed by atoms with Crippen LogP contribution in [0.15, 0.2) is 47.6 Å². The largest absolute Gasteiger partial charge is 0.371 e. The second-order valence-electron chi connectivity index (χ2n) is 5.71. The Bertz CT molecular complexity index is 842. The molecule has 1 amide bonds. The lowest BCUT2D eigenvalue weighted by Crippen LogP contribution is -2.23. The van der Waals surface area contributed by atoms with Crippen LogP contribution in [0, 0.1) is 18.3 Å². The fourth-order valence-electron chi connectivity index (χ4n) is 2.52. The molecule has 0 saturated heterocycles. The normalized spacial score (nSPS) is 10.5. The minimum Gasteiger partial charge on any atom is -0.371 e. The molecule has 0 aliphatic rings. The van der Waals surface area contributed by atoms with E-state index < -0.39 is 0 Å². The minimum atomic E-state index is -0.352. The number of nitrogens with one attached hydrogen (secondary N) is 1. The maximum absolute atomic E-state index is 12.1. The van der Waals surface area contributed by atoms with Gasteiger partial charge in [0.05, 0.1) is 29.3 Å². The van der Waals surface area contributed by atoms with Crippen LogP contribution in [0.5, 0.6) is 0 Å². The van der Waals surface area contributed by atoms with E-state index in [4.69, 9.17) is 16.9 Å². The van der Waals surface area contributed by atoms with Crippen molar-refractivity contribution >= 4 is 29.4 Å². The van der Waals surface area contributed by atoms with Crippen LogP contribution < -0.4 is 10.3 Å². The first-order valence-electron chi connectivity index (χ1n) is 8.37. The molecule has 0 radical (unpaired) electrons. The molecule has 0 spiro atoms. The number of amides is 1. The highest BCUT2D eigenvalue weighted by Crippen LogP contribution is 2.19. The number of carbonyl (C=O) groups is 1. The molecular weight excluding hydrogens is 348 g/mol. The molecule has 0 aliphatic heterocycles. The summed E-state index contributed by atoms with van der Waals surface area (Å²) >= 11 is 6.00. The van der Waals surface area contributed by atoms with E-state index in [2.05, 4.69) is 34.5 Å². The van der Waals surface area contributed by atoms with Gasteiger partial charge in [0, 0.05) is 18.8 Å². The first-order valence-corrected chi connectivity index (χ1v) is 8.75. The number of hydrazone groups is 1. The summed E-state index contributed by atoms with van der Waals surface area (Å²) in [6.07, 6.45) is 2.10. The van der Waals surface area contributed by atoms with Crippen molar-refractivity contribution in [3.8, 4) is 6.07 Å². The van der Waals surface area contributed by atoms with Gasteiger partial charge < -0.3 is 4.90 Å². The molecule has 0 saturated carbocycles. The Morgan fingerprint density at radius 3 is 2.77 bits per heavy atom. The third-order valence-electron chi connectivity index (χ3n) is 3.98. The van der Waals surface area contributed by atoms with E-state index in [0.29, 0.717) is 23.6 Å². The van der Waals surface area contributed by atoms with Gasteiger partial charge in [0.1, 0.15) is 0 Å². The molecule has 0 fully saturated rings. The van der Waals surface area contributed by atoms with E-state index in [1.807, 2.05) is 19.1 Å². The van der Waals surface area contributed by atoms with Crippen molar-refractivity contribution < 1.29 is 4.79 Å². The maximum atomic E-state index is 12.1. The van der Waals surface area contributed by atoms with Crippen LogP contribution in [0.4, 0.5) is 5.69 Å². The highest BCUT2D eigenvalue weighted by atomic mass is 35.5. The summed E-state index contributed by atoms with van der Waals surface area (Å²) in [6, 6.07) is 15.0. The van der Waals surface area contributed by atoms with Crippen molar-refractivity contribution in [3.05, 3.63) is 64.2 Å². The van der Waals surface area contributed by atoms with Gasteiger partial charge >= 0.3 is 0 Å². The summed E-state index contributed by atoms with van der Waals surface area (Å²) in [5.41, 5.74) is 5.89. The predicted octanol–water partition coefficient (Wildman–Crippen LogP) is 4.15. The number of anilines is 1. The second kappa shape index (κ2) is 9.59. The third-order valence-corrected chi connectivity index (χ3v) is 4.31. The van der Waals surface area contributed by atoms with Crippen molar-refractivity contribution in [3.63, 3.8) is 0 Å². The number of hydrogen-bond donors (Lipinski definition) is 1. The molecule has 0 bridgehead atoms. The van der Waals surface area contributed by atoms with Gasteiger partial charge in [0.25, 0.3) is 5.91 Å². The van der Waals surface area contributed by atoms with Crippen molar-refractivity contribution in [1.82, 2.24) is 5.43 Å². The zero-order valence-electron chi connectivity index (χ0n) is 14.9. The summed E-state index contributed by atoms with van der Waals surface area (Å²) in [7, 11) is 0. The standard InChI is InChI=1S/C20H21ClN4O/c1-3-25(12-6-11-22)17-10-9-16(15(2)13-17)14-23-24-20(26)18-7-4-5-8-19(18)21/h4-5,7-10,13-14H,3,6,12H2,1-2H3,(H,24,26)/b23-14-. The summed E-state index contributed by atoms with van der Waals surface area (Å²) in [5, 5.41) is 13.2. The topological polar surface area (TPSA) is 68.5 Å². The smallest absolute Gasteiger partial charge is 0.272 e. The predicted molar refractivity (Wildman–Crippen MR) is 106 cm³/mol. The molecule has 0 aliphatic carbocycles. The molecule has 0 atom stereocenters. The monoisotopic (exact) mass is 368 g/mol. The first-order chi connectivity index (χ1) is 12.6. The molecule has 0 heterocycles. The maximum Gasteiger partial charge on any atom is 0.272 e. The summed E-state index contributed by atoms with van der Waals surface area (Å²) in [6.45, 7) is 5.58. The van der Waals surface area contributed by atoms with Crippen molar-refractivity contribution in [2.75, 3.05) is 18.0 Å². The molecule has 6 heteroatoms. The van der Waals surface area contributed by atoms with E-state index in [1.165, 1.54) is 0 Å². The van der Waals surface area contributed by atoms with Gasteiger partial charge in [0.15, 0.2) is 0 Å². The SMILES string of the molecule is CCN(CCC#N)c1ccc(/C=N\NC(=O)c2ccccc2Cl)c(C)c1. The van der Waals surface area contributed by atoms with E-state index >= 15 is 0 Å². The zero-order chi connectivity index (χ0) is 18.9. The fourth-order valence-corrected chi connectivity index (χ4v) is 2.74. The van der Waals surface area contributed by atoms with Gasteiger partial charge in [-0.3, -0.25) is 4.79 Å². The van der Waals surface area contributed by atoms with Crippen LogP contribution >= 0.6 is 11.6 Å². The van der Waals surface area contributed by atoms with E-state index in [-0.39, 0.29) is 5.91 Å². The van der Waals surface area contributed by atoms with Crippen LogP contribution in [0.3, 0.4) is 0 Å². The van der Waals surface area contributed by atoms with Crippen LogP contribution in [0.25, 0.3) is 0 Å². The molecule has 0 aromatic heterocycles. The number of carbonyl (C=O) groups excluding carboxylic acids is 1. The highest BCUT2D eigenvalue weighted by molar-refractivity contribution is 6.33. The fraction of sp³-hybridized carbons (Fsp3) is 0.250. The van der Waals surface area contributed by atoms with E-state index in [0.717, 1.165) is 23.4 Å². The third kappa shape index (κ3) is 5.08. The number of benzene rings is 2. The lowest BCUT2D eigenvalue weighted by atomic mass is 10.1. The molecule has 1 N–H and O–H groups in total. The minimum absolute atomic E-state index is 0.352. The average Bonchev–Trinajstić information content (AvgIpc) is 2.64. The lowest BCUT2D eigenvalue weighted by Gasteiger charge is -2.22. The van der Waals surface area contributed by atoms with Crippen molar-refractivity contribution in [1.29, 1.82) is 5.26 Å². The Hall–Kier alpha value is -2.84. The Labute approximate surface area is 158 Å². The molecule has 134 valence electrons. The molecule has 2 aromatic rings. The molecule has 2 aromatic carbocycles. The number of halogens is 1. The molecule has 2 rings (SSSR count). The zero-order valence-corrected chi connectivity index (χ0v) is 15.6. The van der Waals surface area contributed by atoms with Gasteiger partial charge in [-0.2, -0.15) is 10.4 Å². The summed E-state index contributed by atoms with van der Waals surface area (Å²) in [4.78, 5) is 14.2. The number of nitrogens with zero attached hydrogens (tertiary/aromatic N) is 3. The first kappa shape index (κ1) is 19.5. The highest BCUT2D eigenvalue weighted by Gasteiger charge is 2.08. The van der Waals surface area contributed by atoms with Crippen molar-refractivity contribution in [2.24, 2.45) is 5.10 Å². The second-order valence-corrected chi connectivity index (χ2v) is 6.11. The number of hydrogen-bond acceptors (Lipinski definition) is 4. The summed E-state index contributed by atoms with van der Waals surface area (Å²) < 4.78 is 0. The molecule has 0 unspecified atom stereocenters. The Morgan fingerprint density at radius 1 is 1.35 bits per heavy atom. The van der Waals surface area contributed by atoms with Crippen LogP contribution in [0.2, 0.25) is 5.02 Å². The molecule has 5 nitrogen and oxygen atoms in total. The molecular formula is C20H21ClN4O. The van der Waals surface area contributed by atoms with Crippen LogP contribution in [-0.4, -0.2) is 25.2 Å². The van der Waals surface area contributed by atoms with E-state index in [9.17, 15) is 4.79 Å². The Morgan fingerprint density at radius 2 is 2.12 bits per heavy atom. The Kier molecular flexibility index (Phi) is 7.19. The quantitative estimate of drug-likeness (QED) is 0.589. The number of aryl methyl sites for hydroxylation is 1. The van der Waals surface area contributed by atoms with Crippen molar-refractivity contribution in [2.45, 2.75) is 20.3 Å². The summed E-state index contributed by atoms with van der Waals surface area (Å²) in [5.74, 6) is -0.352. The number of nitriles is 1. The van der Waals surface area contributed by atoms with Gasteiger partial charge in [-0.15, -0.1) is 0 Å².